The highest BCUT2D eigenvalue weighted by Gasteiger charge is 2.33. The molecule has 3 nitrogen and oxygen atoms in total. The maximum absolute atomic E-state index is 5.31. The standard InChI is InChI=1S/C16H26N2O/c1-12-15(13(2)19-17-12)11-18-10-6-9-16(18)14-7-4-3-5-8-14/h14,16H,3-11H2,1-2H3. The molecule has 1 unspecified atom stereocenters. The van der Waals surface area contributed by atoms with Gasteiger partial charge in [0.25, 0.3) is 0 Å². The molecule has 1 aromatic rings. The van der Waals surface area contributed by atoms with E-state index < -0.39 is 0 Å². The van der Waals surface area contributed by atoms with Crippen LogP contribution in [0.1, 0.15) is 62.0 Å². The van der Waals surface area contributed by atoms with Crippen LogP contribution in [0.2, 0.25) is 0 Å². The molecule has 0 bridgehead atoms. The Morgan fingerprint density at radius 2 is 1.89 bits per heavy atom. The summed E-state index contributed by atoms with van der Waals surface area (Å²) in [6.45, 7) is 6.41. The number of aryl methyl sites for hydroxylation is 2. The molecule has 2 heterocycles. The fourth-order valence-electron chi connectivity index (χ4n) is 4.03. The summed E-state index contributed by atoms with van der Waals surface area (Å²) in [5.74, 6) is 1.95. The van der Waals surface area contributed by atoms with Gasteiger partial charge >= 0.3 is 0 Å². The molecule has 3 rings (SSSR count). The van der Waals surface area contributed by atoms with Crippen molar-refractivity contribution in [3.63, 3.8) is 0 Å². The van der Waals surface area contributed by atoms with Crippen molar-refractivity contribution >= 4 is 0 Å². The van der Waals surface area contributed by atoms with Crippen molar-refractivity contribution in [1.29, 1.82) is 0 Å². The lowest BCUT2D eigenvalue weighted by Crippen LogP contribution is -2.36. The monoisotopic (exact) mass is 262 g/mol. The molecule has 0 radical (unpaired) electrons. The summed E-state index contributed by atoms with van der Waals surface area (Å²) in [7, 11) is 0. The van der Waals surface area contributed by atoms with E-state index in [0.717, 1.165) is 30.0 Å². The highest BCUT2D eigenvalue weighted by Crippen LogP contribution is 2.35. The quantitative estimate of drug-likeness (QED) is 0.829. The SMILES string of the molecule is Cc1noc(C)c1CN1CCCC1C1CCCCC1. The highest BCUT2D eigenvalue weighted by atomic mass is 16.5. The Balaban J connectivity index is 1.69. The normalized spacial score (nSPS) is 26.1. The third-order valence-corrected chi connectivity index (χ3v) is 5.15. The van der Waals surface area contributed by atoms with Gasteiger partial charge in [0, 0.05) is 18.2 Å². The van der Waals surface area contributed by atoms with E-state index >= 15 is 0 Å². The predicted molar refractivity (Wildman–Crippen MR) is 76.0 cm³/mol. The minimum absolute atomic E-state index is 0.814. The fraction of sp³-hybridized carbons (Fsp3) is 0.812. The van der Waals surface area contributed by atoms with Gasteiger partial charge in [0.2, 0.25) is 0 Å². The maximum Gasteiger partial charge on any atom is 0.138 e. The van der Waals surface area contributed by atoms with E-state index in [2.05, 4.69) is 17.0 Å². The Labute approximate surface area is 116 Å². The van der Waals surface area contributed by atoms with E-state index in [4.69, 9.17) is 4.52 Å². The number of hydrogen-bond donors (Lipinski definition) is 0. The Bertz CT molecular complexity index is 401. The predicted octanol–water partition coefficient (Wildman–Crippen LogP) is 3.84. The third-order valence-electron chi connectivity index (χ3n) is 5.15. The van der Waals surface area contributed by atoms with Crippen LogP contribution in [-0.4, -0.2) is 22.6 Å². The van der Waals surface area contributed by atoms with Gasteiger partial charge in [0.15, 0.2) is 0 Å². The smallest absolute Gasteiger partial charge is 0.138 e. The number of aromatic nitrogens is 1. The lowest BCUT2D eigenvalue weighted by atomic mass is 9.83. The molecule has 1 atom stereocenters. The Morgan fingerprint density at radius 3 is 2.58 bits per heavy atom. The van der Waals surface area contributed by atoms with E-state index in [1.165, 1.54) is 57.1 Å². The molecule has 1 aromatic heterocycles. The van der Waals surface area contributed by atoms with Crippen molar-refractivity contribution in [2.75, 3.05) is 6.54 Å². The number of likely N-dealkylation sites (tertiary alicyclic amines) is 1. The molecule has 1 aliphatic carbocycles. The second-order valence-corrected chi connectivity index (χ2v) is 6.38. The van der Waals surface area contributed by atoms with Crippen LogP contribution in [0, 0.1) is 19.8 Å². The van der Waals surface area contributed by atoms with Gasteiger partial charge in [-0.1, -0.05) is 24.4 Å². The van der Waals surface area contributed by atoms with Crippen molar-refractivity contribution in [3.8, 4) is 0 Å². The summed E-state index contributed by atoms with van der Waals surface area (Å²) in [5, 5.41) is 4.09. The first-order valence-electron chi connectivity index (χ1n) is 7.91. The first-order chi connectivity index (χ1) is 9.25. The fourth-order valence-corrected chi connectivity index (χ4v) is 4.03. The van der Waals surface area contributed by atoms with Crippen molar-refractivity contribution in [2.45, 2.75) is 71.4 Å². The molecular formula is C16H26N2O. The number of nitrogens with zero attached hydrogens (tertiary/aromatic N) is 2. The van der Waals surface area contributed by atoms with Gasteiger partial charge in [-0.2, -0.15) is 0 Å². The van der Waals surface area contributed by atoms with E-state index in [1.54, 1.807) is 0 Å². The zero-order valence-corrected chi connectivity index (χ0v) is 12.3. The molecule has 19 heavy (non-hydrogen) atoms. The molecule has 2 aliphatic rings. The van der Waals surface area contributed by atoms with Crippen LogP contribution in [0.4, 0.5) is 0 Å². The molecule has 3 heteroatoms. The van der Waals surface area contributed by atoms with Gasteiger partial charge in [-0.15, -0.1) is 0 Å². The lowest BCUT2D eigenvalue weighted by Gasteiger charge is -2.34. The summed E-state index contributed by atoms with van der Waals surface area (Å²) in [5.41, 5.74) is 2.40. The highest BCUT2D eigenvalue weighted by molar-refractivity contribution is 5.20. The van der Waals surface area contributed by atoms with E-state index in [9.17, 15) is 0 Å². The lowest BCUT2D eigenvalue weighted by molar-refractivity contribution is 0.150. The summed E-state index contributed by atoms with van der Waals surface area (Å²) in [6, 6.07) is 0.814. The van der Waals surface area contributed by atoms with Gasteiger partial charge < -0.3 is 4.52 Å². The Morgan fingerprint density at radius 1 is 1.11 bits per heavy atom. The number of rotatable bonds is 3. The van der Waals surface area contributed by atoms with Gasteiger partial charge in [-0.25, -0.2) is 0 Å². The zero-order chi connectivity index (χ0) is 13.2. The molecule has 106 valence electrons. The molecule has 0 spiro atoms. The number of hydrogen-bond acceptors (Lipinski definition) is 3. The van der Waals surface area contributed by atoms with Gasteiger partial charge in [-0.05, 0) is 52.0 Å². The summed E-state index contributed by atoms with van der Waals surface area (Å²) in [6.07, 6.45) is 10.00. The summed E-state index contributed by atoms with van der Waals surface area (Å²) >= 11 is 0. The Hall–Kier alpha value is -0.830. The second-order valence-electron chi connectivity index (χ2n) is 6.38. The molecular weight excluding hydrogens is 236 g/mol. The van der Waals surface area contributed by atoms with Crippen molar-refractivity contribution in [1.82, 2.24) is 10.1 Å². The average molecular weight is 262 g/mol. The van der Waals surface area contributed by atoms with Crippen LogP contribution in [0.5, 0.6) is 0 Å². The molecule has 1 saturated heterocycles. The minimum atomic E-state index is 0.814. The molecule has 0 N–H and O–H groups in total. The topological polar surface area (TPSA) is 29.3 Å². The van der Waals surface area contributed by atoms with Gasteiger partial charge in [-0.3, -0.25) is 4.90 Å². The third kappa shape index (κ3) is 2.71. The zero-order valence-electron chi connectivity index (χ0n) is 12.3. The molecule has 2 fully saturated rings. The largest absolute Gasteiger partial charge is 0.361 e. The minimum Gasteiger partial charge on any atom is -0.361 e. The van der Waals surface area contributed by atoms with Crippen LogP contribution in [-0.2, 0) is 6.54 Å². The van der Waals surface area contributed by atoms with E-state index in [0.29, 0.717) is 0 Å². The summed E-state index contributed by atoms with van der Waals surface area (Å²) in [4.78, 5) is 2.70. The van der Waals surface area contributed by atoms with Crippen molar-refractivity contribution in [3.05, 3.63) is 17.0 Å². The van der Waals surface area contributed by atoms with Crippen LogP contribution in [0.3, 0.4) is 0 Å². The van der Waals surface area contributed by atoms with Crippen molar-refractivity contribution in [2.24, 2.45) is 5.92 Å². The van der Waals surface area contributed by atoms with Crippen LogP contribution >= 0.6 is 0 Å². The van der Waals surface area contributed by atoms with Crippen LogP contribution in [0.25, 0.3) is 0 Å². The molecule has 0 aromatic carbocycles. The second kappa shape index (κ2) is 5.66. The van der Waals surface area contributed by atoms with Gasteiger partial charge in [0.05, 0.1) is 5.69 Å². The van der Waals surface area contributed by atoms with E-state index in [-0.39, 0.29) is 0 Å². The Kier molecular flexibility index (Phi) is 3.92. The molecule has 1 saturated carbocycles. The van der Waals surface area contributed by atoms with Crippen LogP contribution < -0.4 is 0 Å². The first kappa shape index (κ1) is 13.2. The average Bonchev–Trinajstić information content (AvgIpc) is 3.02. The van der Waals surface area contributed by atoms with Crippen LogP contribution in [0.15, 0.2) is 4.52 Å². The summed E-state index contributed by atoms with van der Waals surface area (Å²) < 4.78 is 5.31. The van der Waals surface area contributed by atoms with E-state index in [1.807, 2.05) is 6.92 Å². The first-order valence-corrected chi connectivity index (χ1v) is 7.91. The molecule has 0 amide bonds. The van der Waals surface area contributed by atoms with Gasteiger partial charge in [0.1, 0.15) is 5.76 Å². The molecule has 1 aliphatic heterocycles. The van der Waals surface area contributed by atoms with Crippen molar-refractivity contribution < 1.29 is 4.52 Å². The maximum atomic E-state index is 5.31.